The number of aliphatic carboxylic acids is 1. The van der Waals surface area contributed by atoms with Crippen LogP contribution < -0.4 is 0 Å². The van der Waals surface area contributed by atoms with Crippen molar-refractivity contribution in [3.63, 3.8) is 0 Å². The molecule has 0 aromatic carbocycles. The Hall–Kier alpha value is -0.180. The van der Waals surface area contributed by atoms with Crippen LogP contribution in [-0.4, -0.2) is 16.3 Å². The van der Waals surface area contributed by atoms with Crippen LogP contribution in [0.25, 0.3) is 0 Å². The highest BCUT2D eigenvalue weighted by molar-refractivity contribution is 7.81. The first kappa shape index (κ1) is 7.82. The SMILES string of the molecule is CC(C(=O)O)[C@H](C)S. The zero-order valence-electron chi connectivity index (χ0n) is 4.96. The van der Waals surface area contributed by atoms with Gasteiger partial charge in [-0.2, -0.15) is 12.6 Å². The van der Waals surface area contributed by atoms with Gasteiger partial charge in [-0.15, -0.1) is 0 Å². The van der Waals surface area contributed by atoms with Gasteiger partial charge in [-0.25, -0.2) is 0 Å². The molecule has 0 aliphatic heterocycles. The van der Waals surface area contributed by atoms with E-state index >= 15 is 0 Å². The maximum absolute atomic E-state index is 10.1. The van der Waals surface area contributed by atoms with Gasteiger partial charge in [0.25, 0.3) is 0 Å². The van der Waals surface area contributed by atoms with E-state index in [-0.39, 0.29) is 11.2 Å². The lowest BCUT2D eigenvalue weighted by molar-refractivity contribution is -0.140. The molecule has 3 heteroatoms. The van der Waals surface area contributed by atoms with Crippen molar-refractivity contribution in [1.82, 2.24) is 0 Å². The third-order valence-corrected chi connectivity index (χ3v) is 1.56. The van der Waals surface area contributed by atoms with Gasteiger partial charge >= 0.3 is 5.97 Å². The number of carboxylic acid groups (broad SMARTS) is 1. The van der Waals surface area contributed by atoms with Gasteiger partial charge in [0.15, 0.2) is 0 Å². The summed E-state index contributed by atoms with van der Waals surface area (Å²) < 4.78 is 0. The lowest BCUT2D eigenvalue weighted by Gasteiger charge is -2.06. The molecule has 1 unspecified atom stereocenters. The summed E-state index contributed by atoms with van der Waals surface area (Å²) in [7, 11) is 0. The van der Waals surface area contributed by atoms with E-state index in [2.05, 4.69) is 12.6 Å². The number of carboxylic acids is 1. The Bertz CT molecular complexity index is 90.4. The van der Waals surface area contributed by atoms with E-state index in [0.717, 1.165) is 0 Å². The molecule has 0 aliphatic carbocycles. The molecular formula is C5H10O2S. The first-order chi connectivity index (χ1) is 3.55. The molecular weight excluding hydrogens is 124 g/mol. The van der Waals surface area contributed by atoms with Gasteiger partial charge < -0.3 is 5.11 Å². The highest BCUT2D eigenvalue weighted by Crippen LogP contribution is 2.07. The molecule has 0 fully saturated rings. The molecule has 8 heavy (non-hydrogen) atoms. The van der Waals surface area contributed by atoms with E-state index in [1.165, 1.54) is 0 Å². The van der Waals surface area contributed by atoms with Gasteiger partial charge in [0.05, 0.1) is 5.92 Å². The summed E-state index contributed by atoms with van der Waals surface area (Å²) in [4.78, 5) is 10.1. The van der Waals surface area contributed by atoms with Crippen LogP contribution in [0.5, 0.6) is 0 Å². The van der Waals surface area contributed by atoms with Crippen molar-refractivity contribution < 1.29 is 9.90 Å². The van der Waals surface area contributed by atoms with E-state index in [1.807, 2.05) is 0 Å². The fourth-order valence-corrected chi connectivity index (χ4v) is 0.334. The molecule has 0 aromatic heterocycles. The van der Waals surface area contributed by atoms with Crippen molar-refractivity contribution in [2.24, 2.45) is 5.92 Å². The molecule has 0 heterocycles. The Balaban J connectivity index is 3.64. The largest absolute Gasteiger partial charge is 0.481 e. The van der Waals surface area contributed by atoms with Gasteiger partial charge in [-0.1, -0.05) is 13.8 Å². The summed E-state index contributed by atoms with van der Waals surface area (Å²) in [6.07, 6.45) is 0. The van der Waals surface area contributed by atoms with Gasteiger partial charge in [0, 0.05) is 5.25 Å². The third kappa shape index (κ3) is 2.21. The van der Waals surface area contributed by atoms with Crippen LogP contribution in [0, 0.1) is 5.92 Å². The summed E-state index contributed by atoms with van der Waals surface area (Å²) >= 11 is 3.95. The van der Waals surface area contributed by atoms with Crippen LogP contribution in [0.3, 0.4) is 0 Å². The minimum Gasteiger partial charge on any atom is -0.481 e. The van der Waals surface area contributed by atoms with Crippen LogP contribution in [0.4, 0.5) is 0 Å². The Morgan fingerprint density at radius 1 is 1.62 bits per heavy atom. The summed E-state index contributed by atoms with van der Waals surface area (Å²) in [5, 5.41) is 8.24. The Morgan fingerprint density at radius 2 is 2.00 bits per heavy atom. The quantitative estimate of drug-likeness (QED) is 0.553. The second-order valence-electron chi connectivity index (χ2n) is 1.87. The lowest BCUT2D eigenvalue weighted by atomic mass is 10.1. The normalized spacial score (nSPS) is 17.4. The molecule has 0 aromatic rings. The van der Waals surface area contributed by atoms with Gasteiger partial charge in [-0.3, -0.25) is 4.79 Å². The molecule has 0 radical (unpaired) electrons. The van der Waals surface area contributed by atoms with Crippen molar-refractivity contribution in [2.75, 3.05) is 0 Å². The molecule has 1 N–H and O–H groups in total. The molecule has 0 saturated carbocycles. The van der Waals surface area contributed by atoms with Crippen LogP contribution in [-0.2, 0) is 4.79 Å². The van der Waals surface area contributed by atoms with E-state index in [1.54, 1.807) is 13.8 Å². The van der Waals surface area contributed by atoms with Crippen LogP contribution in [0.2, 0.25) is 0 Å². The molecule has 0 amide bonds. The first-order valence-electron chi connectivity index (χ1n) is 2.46. The van der Waals surface area contributed by atoms with Crippen molar-refractivity contribution in [1.29, 1.82) is 0 Å². The number of carbonyl (C=O) groups is 1. The van der Waals surface area contributed by atoms with Gasteiger partial charge in [0.1, 0.15) is 0 Å². The predicted octanol–water partition coefficient (Wildman–Crippen LogP) is 1.03. The van der Waals surface area contributed by atoms with Crippen LogP contribution >= 0.6 is 12.6 Å². The molecule has 0 spiro atoms. The molecule has 0 saturated heterocycles. The van der Waals surface area contributed by atoms with E-state index in [9.17, 15) is 4.79 Å². The van der Waals surface area contributed by atoms with Crippen LogP contribution in [0.1, 0.15) is 13.8 Å². The van der Waals surface area contributed by atoms with Gasteiger partial charge in [0.2, 0.25) is 0 Å². The summed E-state index contributed by atoms with van der Waals surface area (Å²) in [6, 6.07) is 0. The molecule has 0 bridgehead atoms. The van der Waals surface area contributed by atoms with Crippen molar-refractivity contribution in [2.45, 2.75) is 19.1 Å². The highest BCUT2D eigenvalue weighted by atomic mass is 32.1. The van der Waals surface area contributed by atoms with E-state index < -0.39 is 5.97 Å². The van der Waals surface area contributed by atoms with Gasteiger partial charge in [-0.05, 0) is 0 Å². The molecule has 2 nitrogen and oxygen atoms in total. The summed E-state index contributed by atoms with van der Waals surface area (Å²) in [5.74, 6) is -1.13. The lowest BCUT2D eigenvalue weighted by Crippen LogP contribution is -2.17. The van der Waals surface area contributed by atoms with Crippen molar-refractivity contribution in [3.05, 3.63) is 0 Å². The third-order valence-electron chi connectivity index (χ3n) is 1.11. The minimum absolute atomic E-state index is 0.0625. The van der Waals surface area contributed by atoms with Crippen molar-refractivity contribution >= 4 is 18.6 Å². The Morgan fingerprint density at radius 3 is 2.00 bits per heavy atom. The molecule has 2 atom stereocenters. The smallest absolute Gasteiger partial charge is 0.307 e. The first-order valence-corrected chi connectivity index (χ1v) is 2.98. The maximum Gasteiger partial charge on any atom is 0.307 e. The average Bonchev–Trinajstić information content (AvgIpc) is 1.64. The summed E-state index contributed by atoms with van der Waals surface area (Å²) in [5.41, 5.74) is 0. The standard InChI is InChI=1S/C5H10O2S/c1-3(4(2)8)5(6)7/h3-4,8H,1-2H3,(H,6,7)/t3?,4-/m0/s1. The van der Waals surface area contributed by atoms with E-state index in [4.69, 9.17) is 5.11 Å². The average molecular weight is 134 g/mol. The fourth-order valence-electron chi connectivity index (χ4n) is 0.206. The fraction of sp³-hybridized carbons (Fsp3) is 0.800. The monoisotopic (exact) mass is 134 g/mol. The molecule has 48 valence electrons. The van der Waals surface area contributed by atoms with Crippen molar-refractivity contribution in [3.8, 4) is 0 Å². The Kier molecular flexibility index (Phi) is 2.90. The predicted molar refractivity (Wildman–Crippen MR) is 35.2 cm³/mol. The second-order valence-corrected chi connectivity index (χ2v) is 2.68. The number of hydrogen-bond acceptors (Lipinski definition) is 2. The topological polar surface area (TPSA) is 37.3 Å². The molecule has 0 rings (SSSR count). The number of hydrogen-bond donors (Lipinski definition) is 2. The van der Waals surface area contributed by atoms with E-state index in [0.29, 0.717) is 0 Å². The van der Waals surface area contributed by atoms with Crippen LogP contribution in [0.15, 0.2) is 0 Å². The zero-order chi connectivity index (χ0) is 6.73. The minimum atomic E-state index is -0.785. The summed E-state index contributed by atoms with van der Waals surface area (Å²) in [6.45, 7) is 3.40. The maximum atomic E-state index is 10.1. The highest BCUT2D eigenvalue weighted by Gasteiger charge is 2.14. The molecule has 0 aliphatic rings. The number of rotatable bonds is 2. The zero-order valence-corrected chi connectivity index (χ0v) is 5.85. The number of thiol groups is 1. The second kappa shape index (κ2) is 2.97. The Labute approximate surface area is 54.3 Å².